The third-order valence-corrected chi connectivity index (χ3v) is 3.31. The molecule has 0 amide bonds. The van der Waals surface area contributed by atoms with E-state index >= 15 is 0 Å². The molecule has 0 radical (unpaired) electrons. The van der Waals surface area contributed by atoms with Gasteiger partial charge in [0.15, 0.2) is 0 Å². The number of carbonyl (C=O) groups is 1. The van der Waals surface area contributed by atoms with Crippen molar-refractivity contribution in [1.29, 1.82) is 0 Å². The highest BCUT2D eigenvalue weighted by Gasteiger charge is 2.21. The summed E-state index contributed by atoms with van der Waals surface area (Å²) >= 11 is 0. The van der Waals surface area contributed by atoms with Gasteiger partial charge in [0.1, 0.15) is 5.82 Å². The first kappa shape index (κ1) is 12.8. The smallest absolute Gasteiger partial charge is 0.335 e. The van der Waals surface area contributed by atoms with Crippen LogP contribution in [0.1, 0.15) is 23.2 Å². The number of benzene rings is 1. The molecule has 1 aromatic carbocycles. The van der Waals surface area contributed by atoms with Crippen LogP contribution in [0.5, 0.6) is 0 Å². The molecule has 0 bridgehead atoms. The second kappa shape index (κ2) is 5.35. The van der Waals surface area contributed by atoms with E-state index in [-0.39, 0.29) is 11.6 Å². The number of aromatic carboxylic acids is 1. The van der Waals surface area contributed by atoms with Gasteiger partial charge in [-0.25, -0.2) is 9.18 Å². The van der Waals surface area contributed by atoms with Crippen molar-refractivity contribution in [3.63, 3.8) is 0 Å². The molecular formula is C13H16FNO3. The highest BCUT2D eigenvalue weighted by atomic mass is 19.1. The fourth-order valence-electron chi connectivity index (χ4n) is 2.20. The van der Waals surface area contributed by atoms with Crippen LogP contribution in [0.15, 0.2) is 18.2 Å². The van der Waals surface area contributed by atoms with Gasteiger partial charge in [-0.05, 0) is 31.0 Å². The van der Waals surface area contributed by atoms with E-state index in [9.17, 15) is 9.18 Å². The Morgan fingerprint density at radius 1 is 1.44 bits per heavy atom. The number of carboxylic acid groups (broad SMARTS) is 1. The van der Waals surface area contributed by atoms with E-state index in [4.69, 9.17) is 9.84 Å². The predicted octanol–water partition coefficient (Wildman–Crippen LogP) is 2.14. The Labute approximate surface area is 105 Å². The molecule has 1 saturated heterocycles. The lowest BCUT2D eigenvalue weighted by molar-refractivity contribution is 0.0696. The number of hydrogen-bond acceptors (Lipinski definition) is 3. The maximum absolute atomic E-state index is 13.9. The highest BCUT2D eigenvalue weighted by Crippen LogP contribution is 2.24. The molecule has 1 aromatic rings. The van der Waals surface area contributed by atoms with Crippen molar-refractivity contribution in [1.82, 2.24) is 0 Å². The molecule has 0 aromatic heterocycles. The molecule has 5 heteroatoms. The van der Waals surface area contributed by atoms with Gasteiger partial charge in [-0.2, -0.15) is 0 Å². The van der Waals surface area contributed by atoms with Crippen LogP contribution in [-0.2, 0) is 4.74 Å². The van der Waals surface area contributed by atoms with Gasteiger partial charge < -0.3 is 14.7 Å². The average Bonchev–Trinajstić information content (AvgIpc) is 2.38. The summed E-state index contributed by atoms with van der Waals surface area (Å²) < 4.78 is 19.1. The van der Waals surface area contributed by atoms with E-state index in [0.717, 1.165) is 18.9 Å². The summed E-state index contributed by atoms with van der Waals surface area (Å²) in [5, 5.41) is 8.79. The Kier molecular flexibility index (Phi) is 3.81. The van der Waals surface area contributed by atoms with Crippen molar-refractivity contribution in [2.75, 3.05) is 25.2 Å². The van der Waals surface area contributed by atoms with Crippen LogP contribution in [0.2, 0.25) is 0 Å². The zero-order valence-corrected chi connectivity index (χ0v) is 10.2. The Balaban J connectivity index is 2.19. The SMILES string of the molecule is CN(c1ccc(C(=O)O)cc1F)C1CCOCC1. The van der Waals surface area contributed by atoms with Gasteiger partial charge in [0.25, 0.3) is 0 Å². The van der Waals surface area contributed by atoms with Gasteiger partial charge in [-0.3, -0.25) is 0 Å². The van der Waals surface area contributed by atoms with Gasteiger partial charge in [0.05, 0.1) is 11.3 Å². The lowest BCUT2D eigenvalue weighted by Gasteiger charge is -2.33. The fraction of sp³-hybridized carbons (Fsp3) is 0.462. The van der Waals surface area contributed by atoms with Gasteiger partial charge >= 0.3 is 5.97 Å². The van der Waals surface area contributed by atoms with Crippen LogP contribution in [0.4, 0.5) is 10.1 Å². The molecular weight excluding hydrogens is 237 g/mol. The molecule has 1 fully saturated rings. The van der Waals surface area contributed by atoms with Gasteiger partial charge in [0, 0.05) is 26.3 Å². The summed E-state index contributed by atoms with van der Waals surface area (Å²) in [7, 11) is 1.83. The number of nitrogens with zero attached hydrogens (tertiary/aromatic N) is 1. The normalized spacial score (nSPS) is 16.6. The molecule has 98 valence electrons. The lowest BCUT2D eigenvalue weighted by atomic mass is 10.1. The largest absolute Gasteiger partial charge is 0.478 e. The topological polar surface area (TPSA) is 49.8 Å². The summed E-state index contributed by atoms with van der Waals surface area (Å²) in [6.07, 6.45) is 1.72. The van der Waals surface area contributed by atoms with Crippen molar-refractivity contribution >= 4 is 11.7 Å². The fourth-order valence-corrected chi connectivity index (χ4v) is 2.20. The second-order valence-corrected chi connectivity index (χ2v) is 4.43. The Hall–Kier alpha value is -1.62. The Bertz CT molecular complexity index is 444. The minimum absolute atomic E-state index is 0.0309. The Morgan fingerprint density at radius 2 is 2.11 bits per heavy atom. The average molecular weight is 253 g/mol. The molecule has 18 heavy (non-hydrogen) atoms. The molecule has 1 N–H and O–H groups in total. The standard InChI is InChI=1S/C13H16FNO3/c1-15(10-4-6-18-7-5-10)12-3-2-9(13(16)17)8-11(12)14/h2-3,8,10H,4-7H2,1H3,(H,16,17). The summed E-state index contributed by atoms with van der Waals surface area (Å²) in [5.74, 6) is -1.61. The Morgan fingerprint density at radius 3 is 2.67 bits per heavy atom. The molecule has 1 aliphatic heterocycles. The molecule has 0 spiro atoms. The molecule has 0 unspecified atom stereocenters. The van der Waals surface area contributed by atoms with Crippen LogP contribution < -0.4 is 4.90 Å². The summed E-state index contributed by atoms with van der Waals surface area (Å²) in [6, 6.07) is 4.25. The zero-order chi connectivity index (χ0) is 13.1. The number of ether oxygens (including phenoxy) is 1. The maximum atomic E-state index is 13.9. The molecule has 4 nitrogen and oxygen atoms in total. The number of rotatable bonds is 3. The van der Waals surface area contributed by atoms with Crippen molar-refractivity contribution in [2.24, 2.45) is 0 Å². The minimum atomic E-state index is -1.12. The minimum Gasteiger partial charge on any atom is -0.478 e. The number of carboxylic acids is 1. The molecule has 0 atom stereocenters. The van der Waals surface area contributed by atoms with E-state index in [1.165, 1.54) is 12.1 Å². The van der Waals surface area contributed by atoms with Crippen molar-refractivity contribution < 1.29 is 19.0 Å². The van der Waals surface area contributed by atoms with Crippen LogP contribution in [0.25, 0.3) is 0 Å². The van der Waals surface area contributed by atoms with Gasteiger partial charge in [-0.15, -0.1) is 0 Å². The van der Waals surface area contributed by atoms with E-state index in [1.807, 2.05) is 11.9 Å². The van der Waals surface area contributed by atoms with E-state index < -0.39 is 11.8 Å². The van der Waals surface area contributed by atoms with E-state index in [2.05, 4.69) is 0 Å². The van der Waals surface area contributed by atoms with E-state index in [0.29, 0.717) is 18.9 Å². The van der Waals surface area contributed by atoms with Crippen LogP contribution in [-0.4, -0.2) is 37.4 Å². The highest BCUT2D eigenvalue weighted by molar-refractivity contribution is 5.88. The van der Waals surface area contributed by atoms with Gasteiger partial charge in [-0.1, -0.05) is 0 Å². The first-order valence-electron chi connectivity index (χ1n) is 5.93. The summed E-state index contributed by atoms with van der Waals surface area (Å²) in [4.78, 5) is 12.6. The first-order valence-corrected chi connectivity index (χ1v) is 5.93. The van der Waals surface area contributed by atoms with E-state index in [1.54, 1.807) is 0 Å². The lowest BCUT2D eigenvalue weighted by Crippen LogP contribution is -2.37. The first-order chi connectivity index (χ1) is 8.59. The predicted molar refractivity (Wildman–Crippen MR) is 65.6 cm³/mol. The quantitative estimate of drug-likeness (QED) is 0.896. The molecule has 0 aliphatic carbocycles. The van der Waals surface area contributed by atoms with Crippen molar-refractivity contribution in [3.05, 3.63) is 29.6 Å². The molecule has 1 aliphatic rings. The second-order valence-electron chi connectivity index (χ2n) is 4.43. The van der Waals surface area contributed by atoms with Crippen molar-refractivity contribution in [2.45, 2.75) is 18.9 Å². The third kappa shape index (κ3) is 2.61. The summed E-state index contributed by atoms with van der Waals surface area (Å²) in [6.45, 7) is 1.37. The van der Waals surface area contributed by atoms with Crippen LogP contribution in [0, 0.1) is 5.82 Å². The monoisotopic (exact) mass is 253 g/mol. The van der Waals surface area contributed by atoms with Crippen molar-refractivity contribution in [3.8, 4) is 0 Å². The number of anilines is 1. The third-order valence-electron chi connectivity index (χ3n) is 3.31. The van der Waals surface area contributed by atoms with Gasteiger partial charge in [0.2, 0.25) is 0 Å². The molecule has 2 rings (SSSR count). The zero-order valence-electron chi connectivity index (χ0n) is 10.2. The molecule has 1 heterocycles. The van der Waals surface area contributed by atoms with Crippen LogP contribution in [0.3, 0.4) is 0 Å². The number of halogens is 1. The molecule has 0 saturated carbocycles. The maximum Gasteiger partial charge on any atom is 0.335 e. The van der Waals surface area contributed by atoms with Crippen LogP contribution >= 0.6 is 0 Å². The summed E-state index contributed by atoms with van der Waals surface area (Å²) in [5.41, 5.74) is 0.406. The number of hydrogen-bond donors (Lipinski definition) is 1.